The Hall–Kier alpha value is -4.54. The lowest BCUT2D eigenvalue weighted by Gasteiger charge is -2.05. The van der Waals surface area contributed by atoms with Gasteiger partial charge in [-0.1, -0.05) is 143 Å². The Balaban J connectivity index is 0.000000140. The zero-order chi connectivity index (χ0) is 30.9. The molecule has 0 atom stereocenters. The zero-order valence-corrected chi connectivity index (χ0v) is 28.2. The largest absolute Gasteiger partial charge is 0.135 e. The predicted molar refractivity (Wildman–Crippen MR) is 206 cm³/mol. The highest BCUT2D eigenvalue weighted by Gasteiger charge is 2.08. The Morgan fingerprint density at radius 2 is 0.761 bits per heavy atom. The number of fused-ring (bicyclic) bond motifs is 6. The summed E-state index contributed by atoms with van der Waals surface area (Å²) in [6, 6.07) is 58.9. The smallest absolute Gasteiger partial charge is 0.0361 e. The summed E-state index contributed by atoms with van der Waals surface area (Å²) in [6.45, 7) is 0. The molecule has 0 aliphatic rings. The molecule has 3 heteroatoms. The van der Waals surface area contributed by atoms with Crippen molar-refractivity contribution in [3.8, 4) is 22.3 Å². The van der Waals surface area contributed by atoms with Crippen LogP contribution in [-0.2, 0) is 6.42 Å². The summed E-state index contributed by atoms with van der Waals surface area (Å²) in [6.07, 6.45) is 0.983. The Kier molecular flexibility index (Phi) is 7.97. The zero-order valence-electron chi connectivity index (χ0n) is 25.0. The van der Waals surface area contributed by atoms with E-state index in [1.54, 1.807) is 0 Å². The molecule has 9 aromatic rings. The summed E-state index contributed by atoms with van der Waals surface area (Å²) in [5.41, 5.74) is 7.80. The number of benzene rings is 7. The summed E-state index contributed by atoms with van der Waals surface area (Å²) < 4.78 is 6.54. The molecule has 7 aromatic carbocycles. The molecule has 0 bridgehead atoms. The van der Waals surface area contributed by atoms with Gasteiger partial charge in [-0.3, -0.25) is 0 Å². The van der Waals surface area contributed by atoms with Crippen molar-refractivity contribution in [3.63, 3.8) is 0 Å². The first kappa shape index (κ1) is 28.9. The fourth-order valence-electron chi connectivity index (χ4n) is 6.10. The lowest BCUT2D eigenvalue weighted by Crippen LogP contribution is -1.87. The predicted octanol–water partition coefficient (Wildman–Crippen LogP) is 13.8. The van der Waals surface area contributed by atoms with Gasteiger partial charge in [-0.05, 0) is 76.2 Å². The summed E-state index contributed by atoms with van der Waals surface area (Å²) in [4.78, 5) is 0. The van der Waals surface area contributed by atoms with Crippen molar-refractivity contribution in [1.29, 1.82) is 0 Å². The molecule has 0 nitrogen and oxygen atoms in total. The van der Waals surface area contributed by atoms with Crippen LogP contribution >= 0.6 is 38.6 Å². The van der Waals surface area contributed by atoms with Crippen LogP contribution in [0.15, 0.2) is 168 Å². The van der Waals surface area contributed by atoms with Crippen molar-refractivity contribution >= 4 is 78.9 Å². The number of hydrogen-bond donors (Lipinski definition) is 0. The molecule has 0 saturated carbocycles. The van der Waals surface area contributed by atoms with Gasteiger partial charge in [-0.25, -0.2) is 0 Å². The van der Waals surface area contributed by atoms with Crippen LogP contribution in [0.1, 0.15) is 11.1 Å². The Morgan fingerprint density at radius 3 is 1.30 bits per heavy atom. The highest BCUT2D eigenvalue weighted by atomic mass is 79.9. The maximum Gasteiger partial charge on any atom is 0.0361 e. The topological polar surface area (TPSA) is 0 Å². The molecule has 2 heterocycles. The maximum atomic E-state index is 3.48. The molecule has 0 aliphatic carbocycles. The minimum Gasteiger partial charge on any atom is -0.135 e. The van der Waals surface area contributed by atoms with E-state index in [0.717, 1.165) is 10.9 Å². The average Bonchev–Trinajstić information content (AvgIpc) is 3.67. The lowest BCUT2D eigenvalue weighted by molar-refractivity contribution is 1.19. The monoisotopic (exact) mass is 688 g/mol. The molecule has 0 saturated heterocycles. The molecular weight excluding hydrogens is 661 g/mol. The SMILES string of the molecule is Brc1ccc(-c2ccc3c(c2)sc2ccccc23)cc1.c1ccc(Cc2ccc(-c3ccc4c(c3)sc3ccccc34)cc2)cc1. The van der Waals surface area contributed by atoms with E-state index in [-0.39, 0.29) is 0 Å². The lowest BCUT2D eigenvalue weighted by atomic mass is 9.99. The van der Waals surface area contributed by atoms with Crippen LogP contribution in [0.25, 0.3) is 62.6 Å². The van der Waals surface area contributed by atoms with Crippen molar-refractivity contribution in [2.24, 2.45) is 0 Å². The van der Waals surface area contributed by atoms with E-state index in [1.807, 2.05) is 22.7 Å². The third-order valence-corrected chi connectivity index (χ3v) is 11.3. The van der Waals surface area contributed by atoms with Gasteiger partial charge in [0, 0.05) is 44.8 Å². The molecule has 46 heavy (non-hydrogen) atoms. The van der Waals surface area contributed by atoms with E-state index < -0.39 is 0 Å². The van der Waals surface area contributed by atoms with Gasteiger partial charge in [0.05, 0.1) is 0 Å². The van der Waals surface area contributed by atoms with Crippen molar-refractivity contribution in [2.45, 2.75) is 6.42 Å². The standard InChI is InChI=1S/C25H18S.C18H11BrS/c1-2-6-18(7-3-1)16-19-10-12-20(13-11-19)21-14-15-23-22-8-4-5-9-24(22)26-25(23)17-21;19-14-8-5-12(6-9-14)13-7-10-16-15-3-1-2-4-17(15)20-18(16)11-13/h1-15,17H,16H2;1-11H. The minimum absolute atomic E-state index is 0.983. The van der Waals surface area contributed by atoms with Crippen LogP contribution in [0.4, 0.5) is 0 Å². The highest BCUT2D eigenvalue weighted by Crippen LogP contribution is 2.37. The number of halogens is 1. The quantitative estimate of drug-likeness (QED) is 0.173. The van der Waals surface area contributed by atoms with E-state index in [4.69, 9.17) is 0 Å². The Morgan fingerprint density at radius 1 is 0.348 bits per heavy atom. The van der Waals surface area contributed by atoms with E-state index in [0.29, 0.717) is 0 Å². The Bertz CT molecular complexity index is 2430. The average molecular weight is 690 g/mol. The van der Waals surface area contributed by atoms with Crippen LogP contribution < -0.4 is 0 Å². The molecule has 0 N–H and O–H groups in total. The Labute approximate surface area is 285 Å². The molecule has 0 spiro atoms. The molecular formula is C43H29BrS2. The van der Waals surface area contributed by atoms with E-state index in [9.17, 15) is 0 Å². The molecule has 0 amide bonds. The van der Waals surface area contributed by atoms with E-state index in [1.165, 1.54) is 73.7 Å². The summed E-state index contributed by atoms with van der Waals surface area (Å²) >= 11 is 7.22. The second-order valence-corrected chi connectivity index (χ2v) is 14.6. The first-order chi connectivity index (χ1) is 22.7. The molecule has 0 unspecified atom stereocenters. The molecule has 0 radical (unpaired) electrons. The first-order valence-corrected chi connectivity index (χ1v) is 17.8. The third-order valence-electron chi connectivity index (χ3n) is 8.47. The van der Waals surface area contributed by atoms with E-state index in [2.05, 4.69) is 180 Å². The summed E-state index contributed by atoms with van der Waals surface area (Å²) in [7, 11) is 0. The van der Waals surface area contributed by atoms with Crippen LogP contribution in [-0.4, -0.2) is 0 Å². The van der Waals surface area contributed by atoms with Gasteiger partial charge >= 0.3 is 0 Å². The molecule has 0 aliphatic heterocycles. The first-order valence-electron chi connectivity index (χ1n) is 15.4. The normalized spacial score (nSPS) is 11.2. The fraction of sp³-hybridized carbons (Fsp3) is 0.0233. The van der Waals surface area contributed by atoms with Crippen LogP contribution in [0, 0.1) is 0 Å². The van der Waals surface area contributed by atoms with Gasteiger partial charge in [0.2, 0.25) is 0 Å². The van der Waals surface area contributed by atoms with Crippen molar-refractivity contribution in [1.82, 2.24) is 0 Å². The highest BCUT2D eigenvalue weighted by molar-refractivity contribution is 9.10. The second-order valence-electron chi connectivity index (χ2n) is 11.5. The van der Waals surface area contributed by atoms with Gasteiger partial charge < -0.3 is 0 Å². The van der Waals surface area contributed by atoms with Crippen molar-refractivity contribution < 1.29 is 0 Å². The van der Waals surface area contributed by atoms with Crippen molar-refractivity contribution in [3.05, 3.63) is 179 Å². The van der Waals surface area contributed by atoms with Crippen LogP contribution in [0.2, 0.25) is 0 Å². The van der Waals surface area contributed by atoms with E-state index >= 15 is 0 Å². The maximum absolute atomic E-state index is 3.48. The number of thiophene rings is 2. The number of hydrogen-bond acceptors (Lipinski definition) is 2. The van der Waals surface area contributed by atoms with Gasteiger partial charge in [0.1, 0.15) is 0 Å². The molecule has 0 fully saturated rings. The van der Waals surface area contributed by atoms with Gasteiger partial charge in [0.25, 0.3) is 0 Å². The summed E-state index contributed by atoms with van der Waals surface area (Å²) in [5.74, 6) is 0. The minimum atomic E-state index is 0.983. The van der Waals surface area contributed by atoms with Gasteiger partial charge in [-0.15, -0.1) is 22.7 Å². The molecule has 220 valence electrons. The fourth-order valence-corrected chi connectivity index (χ4v) is 8.65. The molecule has 9 rings (SSSR count). The van der Waals surface area contributed by atoms with Crippen molar-refractivity contribution in [2.75, 3.05) is 0 Å². The number of rotatable bonds is 4. The van der Waals surface area contributed by atoms with Crippen LogP contribution in [0.3, 0.4) is 0 Å². The second kappa shape index (κ2) is 12.7. The van der Waals surface area contributed by atoms with Gasteiger partial charge in [0.15, 0.2) is 0 Å². The molecule has 2 aromatic heterocycles. The summed E-state index contributed by atoms with van der Waals surface area (Å²) in [5, 5.41) is 5.42. The van der Waals surface area contributed by atoms with Crippen LogP contribution in [0.5, 0.6) is 0 Å². The van der Waals surface area contributed by atoms with Gasteiger partial charge in [-0.2, -0.15) is 0 Å². The third kappa shape index (κ3) is 5.90.